The predicted octanol–water partition coefficient (Wildman–Crippen LogP) is 4.98. The second kappa shape index (κ2) is 13.4. The number of methoxy groups -OCH3 is 1. The van der Waals surface area contributed by atoms with E-state index in [0.29, 0.717) is 35.5 Å². The molecule has 2 aromatic rings. The van der Waals surface area contributed by atoms with Crippen molar-refractivity contribution in [3.8, 4) is 17.2 Å². The molecule has 1 heterocycles. The average molecular weight is 511 g/mol. The highest BCUT2D eigenvalue weighted by Gasteiger charge is 2.16. The number of likely N-dealkylation sites (tertiary alicyclic amines) is 1. The first-order valence-electron chi connectivity index (χ1n) is 11.8. The molecule has 0 aromatic heterocycles. The van der Waals surface area contributed by atoms with Crippen molar-refractivity contribution < 1.29 is 19.3 Å². The number of rotatable bonds is 12. The molecule has 0 radical (unpaired) electrons. The van der Waals surface area contributed by atoms with Gasteiger partial charge in [0.05, 0.1) is 17.2 Å². The summed E-state index contributed by atoms with van der Waals surface area (Å²) in [6, 6.07) is 11.0. The smallest absolute Gasteiger partial charge is 0.161 e. The minimum absolute atomic E-state index is 0.161. The van der Waals surface area contributed by atoms with Gasteiger partial charge in [-0.25, -0.2) is 0 Å². The van der Waals surface area contributed by atoms with Gasteiger partial charge in [0.1, 0.15) is 25.1 Å². The van der Waals surface area contributed by atoms with Crippen molar-refractivity contribution in [2.24, 2.45) is 5.92 Å². The summed E-state index contributed by atoms with van der Waals surface area (Å²) >= 11 is 11.9. The van der Waals surface area contributed by atoms with Gasteiger partial charge in [0.25, 0.3) is 0 Å². The molecule has 1 unspecified atom stereocenters. The van der Waals surface area contributed by atoms with Crippen molar-refractivity contribution in [1.82, 2.24) is 9.80 Å². The summed E-state index contributed by atoms with van der Waals surface area (Å²) in [6.45, 7) is 7.48. The normalized spacial score (nSPS) is 16.0. The molecule has 1 atom stereocenters. The van der Waals surface area contributed by atoms with E-state index >= 15 is 0 Å². The summed E-state index contributed by atoms with van der Waals surface area (Å²) in [5, 5.41) is 11.3. The Morgan fingerprint density at radius 3 is 2.53 bits per heavy atom. The Kier molecular flexibility index (Phi) is 10.6. The van der Waals surface area contributed by atoms with Crippen LogP contribution >= 0.6 is 23.2 Å². The fourth-order valence-corrected chi connectivity index (χ4v) is 4.34. The van der Waals surface area contributed by atoms with Gasteiger partial charge in [0, 0.05) is 25.7 Å². The summed E-state index contributed by atoms with van der Waals surface area (Å²) in [5.41, 5.74) is 1.08. The first-order chi connectivity index (χ1) is 16.3. The Morgan fingerprint density at radius 2 is 1.82 bits per heavy atom. The van der Waals surface area contributed by atoms with Crippen LogP contribution in [0.2, 0.25) is 10.0 Å². The highest BCUT2D eigenvalue weighted by Crippen LogP contribution is 2.29. The zero-order valence-electron chi connectivity index (χ0n) is 20.3. The van der Waals surface area contributed by atoms with E-state index in [1.807, 2.05) is 30.1 Å². The molecule has 0 saturated carbocycles. The van der Waals surface area contributed by atoms with Crippen LogP contribution in [0.1, 0.15) is 25.3 Å². The lowest BCUT2D eigenvalue weighted by atomic mass is 9.99. The Morgan fingerprint density at radius 1 is 1.06 bits per heavy atom. The van der Waals surface area contributed by atoms with E-state index in [1.54, 1.807) is 25.3 Å². The number of nitrogens with zero attached hydrogens (tertiary/aromatic N) is 2. The van der Waals surface area contributed by atoms with Crippen LogP contribution < -0.4 is 14.2 Å². The number of aliphatic hydroxyl groups is 1. The molecule has 1 aliphatic rings. The van der Waals surface area contributed by atoms with Crippen LogP contribution in [0, 0.1) is 5.92 Å². The molecule has 1 aliphatic heterocycles. The van der Waals surface area contributed by atoms with Gasteiger partial charge in [-0.2, -0.15) is 0 Å². The molecule has 0 aliphatic carbocycles. The van der Waals surface area contributed by atoms with Crippen LogP contribution in [0.15, 0.2) is 36.4 Å². The summed E-state index contributed by atoms with van der Waals surface area (Å²) < 4.78 is 17.2. The van der Waals surface area contributed by atoms with Gasteiger partial charge in [0.2, 0.25) is 0 Å². The van der Waals surface area contributed by atoms with Crippen LogP contribution in [0.4, 0.5) is 0 Å². The van der Waals surface area contributed by atoms with Gasteiger partial charge in [-0.05, 0) is 68.7 Å². The number of ether oxygens (including phenoxy) is 3. The summed E-state index contributed by atoms with van der Waals surface area (Å²) in [5.74, 6) is 2.89. The molecule has 0 amide bonds. The molecular formula is C26H36Cl2N2O4. The van der Waals surface area contributed by atoms with Crippen LogP contribution in [-0.4, -0.2) is 74.6 Å². The van der Waals surface area contributed by atoms with Gasteiger partial charge in [-0.1, -0.05) is 36.2 Å². The van der Waals surface area contributed by atoms with Crippen molar-refractivity contribution in [1.29, 1.82) is 0 Å². The fraction of sp³-hybridized carbons (Fsp3) is 0.538. The lowest BCUT2D eigenvalue weighted by Gasteiger charge is -2.30. The molecule has 0 bridgehead atoms. The first-order valence-corrected chi connectivity index (χ1v) is 12.6. The van der Waals surface area contributed by atoms with Crippen molar-refractivity contribution in [2.75, 3.05) is 53.6 Å². The Bertz CT molecular complexity index is 906. The fourth-order valence-electron chi connectivity index (χ4n) is 4.05. The second-order valence-electron chi connectivity index (χ2n) is 9.10. The molecule has 2 aromatic carbocycles. The van der Waals surface area contributed by atoms with E-state index in [2.05, 4.69) is 11.8 Å². The first kappa shape index (κ1) is 26.9. The van der Waals surface area contributed by atoms with Gasteiger partial charge >= 0.3 is 0 Å². The number of hydrogen-bond donors (Lipinski definition) is 1. The van der Waals surface area contributed by atoms with E-state index in [4.69, 9.17) is 37.4 Å². The lowest BCUT2D eigenvalue weighted by Crippen LogP contribution is -2.35. The van der Waals surface area contributed by atoms with Crippen LogP contribution in [0.25, 0.3) is 0 Å². The highest BCUT2D eigenvalue weighted by molar-refractivity contribution is 6.42. The highest BCUT2D eigenvalue weighted by atomic mass is 35.5. The van der Waals surface area contributed by atoms with Crippen LogP contribution in [0.5, 0.6) is 17.2 Å². The Hall–Kier alpha value is -1.70. The third-order valence-electron chi connectivity index (χ3n) is 6.08. The minimum Gasteiger partial charge on any atom is -0.493 e. The molecular weight excluding hydrogens is 475 g/mol. The van der Waals surface area contributed by atoms with Crippen molar-refractivity contribution in [3.05, 3.63) is 52.0 Å². The molecule has 0 spiro atoms. The Labute approximate surface area is 213 Å². The number of aliphatic hydroxyl groups excluding tert-OH is 1. The van der Waals surface area contributed by atoms with E-state index in [0.717, 1.165) is 42.6 Å². The van der Waals surface area contributed by atoms with Crippen molar-refractivity contribution in [3.63, 3.8) is 0 Å². The SMILES string of the molecule is COc1cc(CN(C)CC(O)COc2ccc(Cl)c(Cl)c2)ccc1OCCN1CCC(C)CC1. The average Bonchev–Trinajstić information content (AvgIpc) is 2.81. The molecule has 3 rings (SSSR count). The minimum atomic E-state index is -0.651. The summed E-state index contributed by atoms with van der Waals surface area (Å²) in [6.07, 6.45) is 1.88. The molecule has 34 heavy (non-hydrogen) atoms. The van der Waals surface area contributed by atoms with Gasteiger partial charge in [-0.3, -0.25) is 9.80 Å². The lowest BCUT2D eigenvalue weighted by molar-refractivity contribution is 0.0744. The molecule has 6 nitrogen and oxygen atoms in total. The number of hydrogen-bond acceptors (Lipinski definition) is 6. The topological polar surface area (TPSA) is 54.4 Å². The molecule has 8 heteroatoms. The second-order valence-corrected chi connectivity index (χ2v) is 9.91. The van der Waals surface area contributed by atoms with Crippen LogP contribution in [0.3, 0.4) is 0 Å². The number of halogens is 2. The molecule has 1 fully saturated rings. The van der Waals surface area contributed by atoms with Gasteiger partial charge < -0.3 is 19.3 Å². The predicted molar refractivity (Wildman–Crippen MR) is 138 cm³/mol. The van der Waals surface area contributed by atoms with E-state index < -0.39 is 6.10 Å². The standard InChI is InChI=1S/C26H36Cl2N2O4/c1-19-8-10-30(11-9-19)12-13-33-25-7-4-20(14-26(25)32-3)16-29(2)17-21(31)18-34-22-5-6-23(27)24(28)15-22/h4-7,14-15,19,21,31H,8-13,16-18H2,1-3H3. The monoisotopic (exact) mass is 510 g/mol. The largest absolute Gasteiger partial charge is 0.493 e. The quantitative estimate of drug-likeness (QED) is 0.434. The Balaban J connectivity index is 1.43. The molecule has 188 valence electrons. The number of likely N-dealkylation sites (N-methyl/N-ethyl adjacent to an activating group) is 1. The zero-order valence-corrected chi connectivity index (χ0v) is 21.8. The molecule has 1 N–H and O–H groups in total. The third kappa shape index (κ3) is 8.51. The van der Waals surface area contributed by atoms with Gasteiger partial charge in [0.15, 0.2) is 11.5 Å². The summed E-state index contributed by atoms with van der Waals surface area (Å²) in [4.78, 5) is 4.50. The van der Waals surface area contributed by atoms with Crippen molar-refractivity contribution >= 4 is 23.2 Å². The molecule has 1 saturated heterocycles. The van der Waals surface area contributed by atoms with E-state index in [-0.39, 0.29) is 6.61 Å². The van der Waals surface area contributed by atoms with Crippen molar-refractivity contribution in [2.45, 2.75) is 32.4 Å². The summed E-state index contributed by atoms with van der Waals surface area (Å²) in [7, 11) is 3.62. The maximum absolute atomic E-state index is 10.4. The number of piperidine rings is 1. The third-order valence-corrected chi connectivity index (χ3v) is 6.82. The van der Waals surface area contributed by atoms with E-state index in [1.165, 1.54) is 12.8 Å². The van der Waals surface area contributed by atoms with E-state index in [9.17, 15) is 5.11 Å². The zero-order chi connectivity index (χ0) is 24.5. The number of benzene rings is 2. The maximum Gasteiger partial charge on any atom is 0.161 e. The van der Waals surface area contributed by atoms with Crippen LogP contribution in [-0.2, 0) is 6.54 Å². The van der Waals surface area contributed by atoms with Gasteiger partial charge in [-0.15, -0.1) is 0 Å². The maximum atomic E-state index is 10.4.